The SMILES string of the molecule is C/C(=C\C(=O)O)CCC[C@@H](C)CCC[C@@H](C)CCCC(C)C. The first-order valence-electron chi connectivity index (χ1n) is 9.21. The zero-order valence-corrected chi connectivity index (χ0v) is 15.5. The van der Waals surface area contributed by atoms with E-state index in [0.29, 0.717) is 0 Å². The lowest BCUT2D eigenvalue weighted by atomic mass is 9.91. The van der Waals surface area contributed by atoms with E-state index in [4.69, 9.17) is 5.11 Å². The van der Waals surface area contributed by atoms with Gasteiger partial charge >= 0.3 is 5.97 Å². The molecule has 0 aliphatic heterocycles. The van der Waals surface area contributed by atoms with E-state index in [-0.39, 0.29) is 0 Å². The van der Waals surface area contributed by atoms with Crippen molar-refractivity contribution < 1.29 is 9.90 Å². The van der Waals surface area contributed by atoms with Crippen molar-refractivity contribution in [2.75, 3.05) is 0 Å². The normalized spacial score (nSPS) is 15.1. The Balaban J connectivity index is 3.60. The molecule has 0 aromatic carbocycles. The first-order valence-corrected chi connectivity index (χ1v) is 9.21. The van der Waals surface area contributed by atoms with Gasteiger partial charge in [0.2, 0.25) is 0 Å². The molecule has 22 heavy (non-hydrogen) atoms. The number of carbonyl (C=O) groups is 1. The molecule has 0 spiro atoms. The Kier molecular flexibility index (Phi) is 12.3. The smallest absolute Gasteiger partial charge is 0.328 e. The molecule has 0 unspecified atom stereocenters. The predicted octanol–water partition coefficient (Wildman–Crippen LogP) is 6.46. The van der Waals surface area contributed by atoms with Gasteiger partial charge in [-0.05, 0) is 37.5 Å². The molecule has 0 saturated heterocycles. The van der Waals surface area contributed by atoms with Crippen LogP contribution in [-0.4, -0.2) is 11.1 Å². The van der Waals surface area contributed by atoms with Gasteiger partial charge in [-0.2, -0.15) is 0 Å². The van der Waals surface area contributed by atoms with E-state index < -0.39 is 5.97 Å². The van der Waals surface area contributed by atoms with Gasteiger partial charge in [-0.3, -0.25) is 0 Å². The van der Waals surface area contributed by atoms with E-state index >= 15 is 0 Å². The van der Waals surface area contributed by atoms with Gasteiger partial charge < -0.3 is 5.11 Å². The summed E-state index contributed by atoms with van der Waals surface area (Å²) in [6.07, 6.45) is 12.7. The zero-order valence-electron chi connectivity index (χ0n) is 15.5. The van der Waals surface area contributed by atoms with E-state index in [9.17, 15) is 4.79 Å². The molecule has 0 amide bonds. The molecule has 0 radical (unpaired) electrons. The van der Waals surface area contributed by atoms with Crippen molar-refractivity contribution in [2.24, 2.45) is 17.8 Å². The maximum Gasteiger partial charge on any atom is 0.328 e. The Labute approximate surface area is 138 Å². The lowest BCUT2D eigenvalue weighted by molar-refractivity contribution is -0.131. The summed E-state index contributed by atoms with van der Waals surface area (Å²) in [6.45, 7) is 11.3. The first-order chi connectivity index (χ1) is 10.3. The van der Waals surface area contributed by atoms with Gasteiger partial charge in [0.05, 0.1) is 0 Å². The van der Waals surface area contributed by atoms with Crippen LogP contribution in [0.2, 0.25) is 0 Å². The molecule has 0 aromatic heterocycles. The standard InChI is InChI=1S/C20H38O2/c1-16(2)9-6-10-17(3)11-7-12-18(4)13-8-14-19(5)15-20(21)22/h15-18H,6-14H2,1-5H3,(H,21,22)/b19-15+/t17-,18-/m0/s1. The highest BCUT2D eigenvalue weighted by Crippen LogP contribution is 2.21. The number of hydrogen-bond acceptors (Lipinski definition) is 1. The minimum Gasteiger partial charge on any atom is -0.478 e. The second kappa shape index (κ2) is 12.7. The van der Waals surface area contributed by atoms with Gasteiger partial charge in [-0.25, -0.2) is 4.79 Å². The van der Waals surface area contributed by atoms with Gasteiger partial charge in [0.1, 0.15) is 0 Å². The molecule has 0 saturated carbocycles. The van der Waals surface area contributed by atoms with Gasteiger partial charge in [0, 0.05) is 6.08 Å². The highest BCUT2D eigenvalue weighted by atomic mass is 16.4. The molecular weight excluding hydrogens is 272 g/mol. The third kappa shape index (κ3) is 14.2. The molecule has 0 aromatic rings. The van der Waals surface area contributed by atoms with Gasteiger partial charge in [-0.1, -0.05) is 78.2 Å². The molecule has 2 nitrogen and oxygen atoms in total. The molecule has 0 heterocycles. The molecule has 2 heteroatoms. The average Bonchev–Trinajstić information content (AvgIpc) is 2.37. The van der Waals surface area contributed by atoms with Crippen LogP contribution in [0.5, 0.6) is 0 Å². The van der Waals surface area contributed by atoms with Crippen molar-refractivity contribution in [3.05, 3.63) is 11.6 Å². The summed E-state index contributed by atoms with van der Waals surface area (Å²) in [4.78, 5) is 10.5. The largest absolute Gasteiger partial charge is 0.478 e. The van der Waals surface area contributed by atoms with E-state index in [1.54, 1.807) is 0 Å². The summed E-state index contributed by atoms with van der Waals surface area (Å²) in [5.74, 6) is 1.65. The van der Waals surface area contributed by atoms with Crippen LogP contribution >= 0.6 is 0 Å². The minimum atomic E-state index is -0.822. The molecule has 0 bridgehead atoms. The lowest BCUT2D eigenvalue weighted by Crippen LogP contribution is -2.00. The summed E-state index contributed by atoms with van der Waals surface area (Å²) in [6, 6.07) is 0. The van der Waals surface area contributed by atoms with Crippen LogP contribution < -0.4 is 0 Å². The lowest BCUT2D eigenvalue weighted by Gasteiger charge is -2.15. The topological polar surface area (TPSA) is 37.3 Å². The van der Waals surface area contributed by atoms with E-state index in [1.807, 2.05) is 6.92 Å². The van der Waals surface area contributed by atoms with Crippen molar-refractivity contribution in [1.29, 1.82) is 0 Å². The molecule has 0 aliphatic carbocycles. The molecule has 0 aliphatic rings. The zero-order chi connectivity index (χ0) is 17.0. The van der Waals surface area contributed by atoms with Crippen LogP contribution in [0.4, 0.5) is 0 Å². The molecule has 130 valence electrons. The Morgan fingerprint density at radius 3 is 1.77 bits per heavy atom. The fraction of sp³-hybridized carbons (Fsp3) is 0.850. The molecule has 1 N–H and O–H groups in total. The number of rotatable bonds is 13. The van der Waals surface area contributed by atoms with E-state index in [1.165, 1.54) is 51.0 Å². The first kappa shape index (κ1) is 21.2. The van der Waals surface area contributed by atoms with Crippen molar-refractivity contribution >= 4 is 5.97 Å². The summed E-state index contributed by atoms with van der Waals surface area (Å²) in [5.41, 5.74) is 0.985. The fourth-order valence-corrected chi connectivity index (χ4v) is 2.99. The maximum atomic E-state index is 10.5. The second-order valence-corrected chi connectivity index (χ2v) is 7.69. The number of allylic oxidation sites excluding steroid dienone is 1. The van der Waals surface area contributed by atoms with Crippen LogP contribution in [-0.2, 0) is 4.79 Å². The minimum absolute atomic E-state index is 0.764. The predicted molar refractivity (Wildman–Crippen MR) is 96.1 cm³/mol. The van der Waals surface area contributed by atoms with E-state index in [0.717, 1.165) is 36.2 Å². The van der Waals surface area contributed by atoms with Crippen molar-refractivity contribution in [3.8, 4) is 0 Å². The number of hydrogen-bond donors (Lipinski definition) is 1. The van der Waals surface area contributed by atoms with Gasteiger partial charge in [0.15, 0.2) is 0 Å². The molecule has 0 fully saturated rings. The molecular formula is C20H38O2. The summed E-state index contributed by atoms with van der Waals surface area (Å²) in [5, 5.41) is 8.68. The van der Waals surface area contributed by atoms with E-state index in [2.05, 4.69) is 27.7 Å². The Bertz CT molecular complexity index is 318. The van der Waals surface area contributed by atoms with Crippen LogP contribution in [0, 0.1) is 17.8 Å². The van der Waals surface area contributed by atoms with Crippen molar-refractivity contribution in [1.82, 2.24) is 0 Å². The summed E-state index contributed by atoms with van der Waals surface area (Å²) >= 11 is 0. The Morgan fingerprint density at radius 1 is 0.864 bits per heavy atom. The number of carboxylic acid groups (broad SMARTS) is 1. The highest BCUT2D eigenvalue weighted by molar-refractivity contribution is 5.80. The Hall–Kier alpha value is -0.790. The maximum absolute atomic E-state index is 10.5. The van der Waals surface area contributed by atoms with Crippen LogP contribution in [0.15, 0.2) is 11.6 Å². The monoisotopic (exact) mass is 310 g/mol. The van der Waals surface area contributed by atoms with Gasteiger partial charge in [-0.15, -0.1) is 0 Å². The second-order valence-electron chi connectivity index (χ2n) is 7.69. The summed E-state index contributed by atoms with van der Waals surface area (Å²) < 4.78 is 0. The quantitative estimate of drug-likeness (QED) is 0.396. The van der Waals surface area contributed by atoms with Crippen molar-refractivity contribution in [2.45, 2.75) is 92.4 Å². The van der Waals surface area contributed by atoms with Crippen LogP contribution in [0.3, 0.4) is 0 Å². The highest BCUT2D eigenvalue weighted by Gasteiger charge is 2.06. The molecule has 2 atom stereocenters. The van der Waals surface area contributed by atoms with Gasteiger partial charge in [0.25, 0.3) is 0 Å². The van der Waals surface area contributed by atoms with Crippen LogP contribution in [0.25, 0.3) is 0 Å². The Morgan fingerprint density at radius 2 is 1.32 bits per heavy atom. The van der Waals surface area contributed by atoms with Crippen molar-refractivity contribution in [3.63, 3.8) is 0 Å². The molecule has 0 rings (SSSR count). The average molecular weight is 311 g/mol. The third-order valence-corrected chi connectivity index (χ3v) is 4.51. The van der Waals surface area contributed by atoms with Crippen LogP contribution in [0.1, 0.15) is 92.4 Å². The third-order valence-electron chi connectivity index (χ3n) is 4.51. The fourth-order valence-electron chi connectivity index (χ4n) is 2.99. The number of aliphatic carboxylic acids is 1. The summed E-state index contributed by atoms with van der Waals surface area (Å²) in [7, 11) is 0. The number of carboxylic acids is 1.